The number of nitrogens with zero attached hydrogens (tertiary/aromatic N) is 1. The van der Waals surface area contributed by atoms with Crippen LogP contribution in [0.3, 0.4) is 0 Å². The second-order valence-corrected chi connectivity index (χ2v) is 3.23. The van der Waals surface area contributed by atoms with Gasteiger partial charge in [0.1, 0.15) is 0 Å². The van der Waals surface area contributed by atoms with E-state index in [4.69, 9.17) is 0 Å². The maximum atomic E-state index is 4.09. The molecule has 1 heteroatoms. The fraction of sp³-hybridized carbons (Fsp3) is 0.250. The molecule has 1 aromatic rings. The first-order valence-electron chi connectivity index (χ1n) is 4.45. The van der Waals surface area contributed by atoms with Gasteiger partial charge in [0.2, 0.25) is 0 Å². The zero-order valence-electron chi connectivity index (χ0n) is 8.41. The third-order valence-electron chi connectivity index (χ3n) is 1.68. The summed E-state index contributed by atoms with van der Waals surface area (Å²) in [7, 11) is 0. The van der Waals surface area contributed by atoms with Crippen LogP contribution >= 0.6 is 0 Å². The molecule has 1 aromatic heterocycles. The summed E-state index contributed by atoms with van der Waals surface area (Å²) < 4.78 is 0. The van der Waals surface area contributed by atoms with E-state index in [2.05, 4.69) is 31.0 Å². The molecule has 0 atom stereocenters. The summed E-state index contributed by atoms with van der Waals surface area (Å²) in [5.41, 5.74) is 3.70. The van der Waals surface area contributed by atoms with Crippen molar-refractivity contribution in [2.24, 2.45) is 0 Å². The zero-order valence-corrected chi connectivity index (χ0v) is 8.41. The molecule has 13 heavy (non-hydrogen) atoms. The largest absolute Gasteiger partial charge is 0.264 e. The molecule has 0 N–H and O–H groups in total. The summed E-state index contributed by atoms with van der Waals surface area (Å²) in [5.74, 6) is 0. The first-order chi connectivity index (χ1) is 6.24. The van der Waals surface area contributed by atoms with E-state index in [1.54, 1.807) is 0 Å². The van der Waals surface area contributed by atoms with Gasteiger partial charge in [-0.3, -0.25) is 4.98 Å². The van der Waals surface area contributed by atoms with Gasteiger partial charge in [-0.1, -0.05) is 23.8 Å². The molecular weight excluding hydrogens is 158 g/mol. The molecule has 1 nitrogen and oxygen atoms in total. The van der Waals surface area contributed by atoms with Gasteiger partial charge in [-0.15, -0.1) is 0 Å². The van der Waals surface area contributed by atoms with Crippen LogP contribution in [-0.2, 0) is 0 Å². The fourth-order valence-corrected chi connectivity index (χ4v) is 1.18. The van der Waals surface area contributed by atoms with Gasteiger partial charge in [0.25, 0.3) is 0 Å². The second-order valence-electron chi connectivity index (χ2n) is 3.23. The van der Waals surface area contributed by atoms with Crippen molar-refractivity contribution in [1.82, 2.24) is 4.98 Å². The average Bonchev–Trinajstić information content (AvgIpc) is 2.08. The summed E-state index contributed by atoms with van der Waals surface area (Å²) in [6.07, 6.45) is 9.97. The molecule has 1 rings (SSSR count). The minimum absolute atomic E-state index is 1.17. The quantitative estimate of drug-likeness (QED) is 0.666. The lowest BCUT2D eigenvalue weighted by Crippen LogP contribution is -1.82. The van der Waals surface area contributed by atoms with Gasteiger partial charge >= 0.3 is 0 Å². The van der Waals surface area contributed by atoms with E-state index in [9.17, 15) is 0 Å². The highest BCUT2D eigenvalue weighted by atomic mass is 14.6. The highest BCUT2D eigenvalue weighted by molar-refractivity contribution is 5.65. The predicted octanol–water partition coefficient (Wildman–Crippen LogP) is 3.54. The van der Waals surface area contributed by atoms with Crippen LogP contribution in [0.4, 0.5) is 0 Å². The average molecular weight is 173 g/mol. The monoisotopic (exact) mass is 173 g/mol. The Bertz CT molecular complexity index is 331. The Morgan fingerprint density at radius 1 is 1.31 bits per heavy atom. The smallest absolute Gasteiger partial charge is 0.0346 e. The van der Waals surface area contributed by atoms with E-state index >= 15 is 0 Å². The third kappa shape index (κ3) is 2.86. The maximum absolute atomic E-state index is 4.09. The molecule has 0 fully saturated rings. The van der Waals surface area contributed by atoms with Gasteiger partial charge in [0.05, 0.1) is 0 Å². The highest BCUT2D eigenvalue weighted by Crippen LogP contribution is 2.12. The van der Waals surface area contributed by atoms with Crippen molar-refractivity contribution in [2.45, 2.75) is 20.8 Å². The van der Waals surface area contributed by atoms with E-state index in [0.717, 1.165) is 0 Å². The molecule has 0 saturated carbocycles. The molecule has 0 spiro atoms. The summed E-state index contributed by atoms with van der Waals surface area (Å²) >= 11 is 0. The van der Waals surface area contributed by atoms with E-state index in [-0.39, 0.29) is 0 Å². The number of pyridine rings is 1. The van der Waals surface area contributed by atoms with Gasteiger partial charge in [0.15, 0.2) is 0 Å². The highest BCUT2D eigenvalue weighted by Gasteiger charge is 1.94. The Balaban J connectivity index is 3.12. The summed E-state index contributed by atoms with van der Waals surface area (Å²) in [5, 5.41) is 0. The Hall–Kier alpha value is -1.37. The van der Waals surface area contributed by atoms with Crippen molar-refractivity contribution in [1.29, 1.82) is 0 Å². The third-order valence-corrected chi connectivity index (χ3v) is 1.68. The number of hydrogen-bond donors (Lipinski definition) is 0. The summed E-state index contributed by atoms with van der Waals surface area (Å²) in [4.78, 5) is 4.09. The number of rotatable bonds is 2. The number of aromatic nitrogens is 1. The molecule has 0 radical (unpaired) electrons. The second kappa shape index (κ2) is 4.61. The van der Waals surface area contributed by atoms with Crippen LogP contribution in [0.2, 0.25) is 0 Å². The molecule has 0 aromatic carbocycles. The molecule has 0 bridgehead atoms. The van der Waals surface area contributed by atoms with Crippen LogP contribution in [0, 0.1) is 0 Å². The maximum Gasteiger partial charge on any atom is 0.0346 e. The predicted molar refractivity (Wildman–Crippen MR) is 58.3 cm³/mol. The van der Waals surface area contributed by atoms with Crippen molar-refractivity contribution in [2.75, 3.05) is 0 Å². The number of allylic oxidation sites excluding steroid dienone is 2. The van der Waals surface area contributed by atoms with E-state index < -0.39 is 0 Å². The van der Waals surface area contributed by atoms with E-state index in [0.29, 0.717) is 0 Å². The molecule has 68 valence electrons. The Morgan fingerprint density at radius 3 is 2.69 bits per heavy atom. The van der Waals surface area contributed by atoms with Gasteiger partial charge in [-0.05, 0) is 38.0 Å². The molecule has 0 aliphatic rings. The van der Waals surface area contributed by atoms with Gasteiger partial charge in [-0.2, -0.15) is 0 Å². The van der Waals surface area contributed by atoms with E-state index in [1.165, 1.54) is 16.7 Å². The Kier molecular flexibility index (Phi) is 3.44. The Labute approximate surface area is 79.8 Å². The van der Waals surface area contributed by atoms with Crippen LogP contribution in [0.15, 0.2) is 30.1 Å². The fourth-order valence-electron chi connectivity index (χ4n) is 1.18. The zero-order chi connectivity index (χ0) is 9.68. The van der Waals surface area contributed by atoms with Crippen LogP contribution in [0.25, 0.3) is 12.2 Å². The lowest BCUT2D eigenvalue weighted by molar-refractivity contribution is 1.30. The molecular formula is C12H15N. The first-order valence-corrected chi connectivity index (χ1v) is 4.45. The van der Waals surface area contributed by atoms with Crippen molar-refractivity contribution in [3.8, 4) is 0 Å². The molecule has 1 heterocycles. The van der Waals surface area contributed by atoms with Gasteiger partial charge in [0, 0.05) is 12.4 Å². The summed E-state index contributed by atoms with van der Waals surface area (Å²) in [6.45, 7) is 6.21. The standard InChI is InChI=1S/C12H15N/c1-4-5-12-9-13-7-6-11(12)8-10(2)3/h4-9H,1-3H3/b5-4-. The van der Waals surface area contributed by atoms with Crippen LogP contribution < -0.4 is 0 Å². The molecule has 0 aliphatic carbocycles. The normalized spacial score (nSPS) is 10.4. The Morgan fingerprint density at radius 2 is 2.08 bits per heavy atom. The lowest BCUT2D eigenvalue weighted by Gasteiger charge is -1.99. The number of hydrogen-bond acceptors (Lipinski definition) is 1. The molecule has 0 unspecified atom stereocenters. The minimum atomic E-state index is 1.17. The van der Waals surface area contributed by atoms with Crippen molar-refractivity contribution in [3.05, 3.63) is 41.2 Å². The molecule has 0 aliphatic heterocycles. The van der Waals surface area contributed by atoms with Gasteiger partial charge < -0.3 is 0 Å². The topological polar surface area (TPSA) is 12.9 Å². The van der Waals surface area contributed by atoms with E-state index in [1.807, 2.05) is 31.5 Å². The SMILES string of the molecule is C/C=C\c1cnccc1C=C(C)C. The summed E-state index contributed by atoms with van der Waals surface area (Å²) in [6, 6.07) is 2.03. The van der Waals surface area contributed by atoms with Crippen LogP contribution in [-0.4, -0.2) is 4.98 Å². The molecule has 0 saturated heterocycles. The molecule has 0 amide bonds. The minimum Gasteiger partial charge on any atom is -0.264 e. The van der Waals surface area contributed by atoms with Crippen molar-refractivity contribution < 1.29 is 0 Å². The van der Waals surface area contributed by atoms with Crippen molar-refractivity contribution >= 4 is 12.2 Å². The first kappa shape index (κ1) is 9.72. The van der Waals surface area contributed by atoms with Gasteiger partial charge in [-0.25, -0.2) is 0 Å². The van der Waals surface area contributed by atoms with Crippen LogP contribution in [0.1, 0.15) is 31.9 Å². The lowest BCUT2D eigenvalue weighted by atomic mass is 10.1. The van der Waals surface area contributed by atoms with Crippen LogP contribution in [0.5, 0.6) is 0 Å². The van der Waals surface area contributed by atoms with Crippen molar-refractivity contribution in [3.63, 3.8) is 0 Å².